The molecule has 164 valence electrons. The summed E-state index contributed by atoms with van der Waals surface area (Å²) in [6.07, 6.45) is 1.02. The minimum atomic E-state index is -3.93. The van der Waals surface area contributed by atoms with Crippen LogP contribution in [-0.2, 0) is 26.2 Å². The summed E-state index contributed by atoms with van der Waals surface area (Å²) in [5.74, 6) is 0.393. The van der Waals surface area contributed by atoms with E-state index in [0.717, 1.165) is 5.56 Å². The highest BCUT2D eigenvalue weighted by Gasteiger charge is 2.39. The second-order valence-electron chi connectivity index (χ2n) is 7.34. The van der Waals surface area contributed by atoms with Gasteiger partial charge < -0.3 is 20.1 Å². The Balaban J connectivity index is 1.50. The molecule has 1 fully saturated rings. The standard InChI is InChI=1S/C21H23N3O6S/c1-29-15-5-2-4-14(10-15)12-22-21(26)18-6-3-9-24(18)31(27,28)16-7-8-19-17(11-16)23-20(25)13-30-19/h2,4-5,7-8,10-11,18H,3,6,9,12-13H2,1H3,(H,22,26)(H,23,25)/t18-/m0/s1. The Morgan fingerprint density at radius 3 is 2.94 bits per heavy atom. The van der Waals surface area contributed by atoms with Gasteiger partial charge in [0.1, 0.15) is 17.5 Å². The number of amides is 2. The van der Waals surface area contributed by atoms with Crippen molar-refractivity contribution in [1.29, 1.82) is 0 Å². The van der Waals surface area contributed by atoms with E-state index in [1.165, 1.54) is 22.5 Å². The molecule has 2 N–H and O–H groups in total. The molecule has 0 radical (unpaired) electrons. The smallest absolute Gasteiger partial charge is 0.262 e. The van der Waals surface area contributed by atoms with Gasteiger partial charge in [0.05, 0.1) is 17.7 Å². The van der Waals surface area contributed by atoms with Crippen LogP contribution in [0.3, 0.4) is 0 Å². The molecule has 2 heterocycles. The lowest BCUT2D eigenvalue weighted by Gasteiger charge is -2.24. The first-order valence-corrected chi connectivity index (χ1v) is 11.3. The molecule has 0 aromatic heterocycles. The van der Waals surface area contributed by atoms with Crippen molar-refractivity contribution in [2.45, 2.75) is 30.3 Å². The van der Waals surface area contributed by atoms with Gasteiger partial charge in [-0.05, 0) is 48.7 Å². The molecule has 1 atom stereocenters. The summed E-state index contributed by atoms with van der Waals surface area (Å²) < 4.78 is 38.2. The predicted octanol–water partition coefficient (Wildman–Crippen LogP) is 1.50. The average Bonchev–Trinajstić information content (AvgIpc) is 3.28. The third-order valence-corrected chi connectivity index (χ3v) is 7.20. The summed E-state index contributed by atoms with van der Waals surface area (Å²) in [5, 5.41) is 5.43. The van der Waals surface area contributed by atoms with Gasteiger partial charge in [-0.2, -0.15) is 4.31 Å². The van der Waals surface area contributed by atoms with E-state index in [9.17, 15) is 18.0 Å². The summed E-state index contributed by atoms with van der Waals surface area (Å²) in [7, 11) is -2.37. The number of hydrogen-bond acceptors (Lipinski definition) is 6. The highest BCUT2D eigenvalue weighted by atomic mass is 32.2. The third-order valence-electron chi connectivity index (χ3n) is 5.30. The van der Waals surface area contributed by atoms with Crippen LogP contribution < -0.4 is 20.1 Å². The van der Waals surface area contributed by atoms with Gasteiger partial charge in [0, 0.05) is 13.1 Å². The lowest BCUT2D eigenvalue weighted by Crippen LogP contribution is -2.45. The lowest BCUT2D eigenvalue weighted by atomic mass is 10.2. The molecule has 1 saturated heterocycles. The van der Waals surface area contributed by atoms with E-state index < -0.39 is 16.1 Å². The molecule has 2 aromatic rings. The monoisotopic (exact) mass is 445 g/mol. The number of anilines is 1. The van der Waals surface area contributed by atoms with Gasteiger partial charge in [-0.1, -0.05) is 12.1 Å². The number of nitrogens with one attached hydrogen (secondary N) is 2. The molecule has 0 aliphatic carbocycles. The largest absolute Gasteiger partial charge is 0.497 e. The van der Waals surface area contributed by atoms with Crippen molar-refractivity contribution in [3.8, 4) is 11.5 Å². The number of sulfonamides is 1. The Kier molecular flexibility index (Phi) is 5.84. The molecule has 4 rings (SSSR count). The number of hydrogen-bond donors (Lipinski definition) is 2. The molecule has 2 aromatic carbocycles. The molecule has 0 saturated carbocycles. The predicted molar refractivity (Wildman–Crippen MR) is 112 cm³/mol. The zero-order valence-electron chi connectivity index (χ0n) is 17.0. The van der Waals surface area contributed by atoms with E-state index >= 15 is 0 Å². The van der Waals surface area contributed by atoms with Crippen molar-refractivity contribution >= 4 is 27.5 Å². The van der Waals surface area contributed by atoms with Gasteiger partial charge in [-0.15, -0.1) is 0 Å². The highest BCUT2D eigenvalue weighted by Crippen LogP contribution is 2.33. The molecule has 2 aliphatic rings. The van der Waals surface area contributed by atoms with Crippen molar-refractivity contribution in [1.82, 2.24) is 9.62 Å². The third kappa shape index (κ3) is 4.35. The summed E-state index contributed by atoms with van der Waals surface area (Å²) >= 11 is 0. The maximum absolute atomic E-state index is 13.3. The van der Waals surface area contributed by atoms with Gasteiger partial charge >= 0.3 is 0 Å². The minimum absolute atomic E-state index is 0.00421. The van der Waals surface area contributed by atoms with Crippen molar-refractivity contribution in [2.24, 2.45) is 0 Å². The fourth-order valence-electron chi connectivity index (χ4n) is 3.74. The lowest BCUT2D eigenvalue weighted by molar-refractivity contribution is -0.124. The number of benzene rings is 2. The second-order valence-corrected chi connectivity index (χ2v) is 9.23. The van der Waals surface area contributed by atoms with E-state index in [0.29, 0.717) is 30.0 Å². The molecule has 31 heavy (non-hydrogen) atoms. The van der Waals surface area contributed by atoms with Crippen LogP contribution in [0, 0.1) is 0 Å². The Bertz CT molecular complexity index is 1120. The molecular weight excluding hydrogens is 422 g/mol. The summed E-state index contributed by atoms with van der Waals surface area (Å²) in [6, 6.07) is 10.8. The first-order chi connectivity index (χ1) is 14.9. The van der Waals surface area contributed by atoms with Crippen molar-refractivity contribution in [3.63, 3.8) is 0 Å². The number of rotatable bonds is 6. The van der Waals surface area contributed by atoms with Crippen LogP contribution in [0.4, 0.5) is 5.69 Å². The molecule has 9 nitrogen and oxygen atoms in total. The Morgan fingerprint density at radius 1 is 1.29 bits per heavy atom. The quantitative estimate of drug-likeness (QED) is 0.697. The van der Waals surface area contributed by atoms with Gasteiger partial charge in [0.2, 0.25) is 15.9 Å². The SMILES string of the molecule is COc1cccc(CNC(=O)[C@@H]2CCCN2S(=O)(=O)c2ccc3c(c2)NC(=O)CO3)c1. The van der Waals surface area contributed by atoms with Crippen LogP contribution >= 0.6 is 0 Å². The number of nitrogens with zero attached hydrogens (tertiary/aromatic N) is 1. The maximum atomic E-state index is 13.3. The van der Waals surface area contributed by atoms with Crippen molar-refractivity contribution in [2.75, 3.05) is 25.6 Å². The Hall–Kier alpha value is -3.11. The summed E-state index contributed by atoms with van der Waals surface area (Å²) in [5.41, 5.74) is 1.15. The highest BCUT2D eigenvalue weighted by molar-refractivity contribution is 7.89. The topological polar surface area (TPSA) is 114 Å². The van der Waals surface area contributed by atoms with E-state index in [1.54, 1.807) is 7.11 Å². The van der Waals surface area contributed by atoms with Gasteiger partial charge in [0.15, 0.2) is 6.61 Å². The Morgan fingerprint density at radius 2 is 2.13 bits per heavy atom. The summed E-state index contributed by atoms with van der Waals surface area (Å²) in [4.78, 5) is 24.4. The Labute approximate surface area is 180 Å². The van der Waals surface area contributed by atoms with Crippen molar-refractivity contribution in [3.05, 3.63) is 48.0 Å². The number of carbonyl (C=O) groups excluding carboxylic acids is 2. The van der Waals surface area contributed by atoms with Crippen LogP contribution in [0.5, 0.6) is 11.5 Å². The fraction of sp³-hybridized carbons (Fsp3) is 0.333. The normalized spacial score (nSPS) is 18.6. The average molecular weight is 445 g/mol. The van der Waals surface area contributed by atoms with Crippen LogP contribution in [-0.4, -0.2) is 50.8 Å². The van der Waals surface area contributed by atoms with E-state index in [4.69, 9.17) is 9.47 Å². The van der Waals surface area contributed by atoms with Crippen LogP contribution in [0.25, 0.3) is 0 Å². The number of carbonyl (C=O) groups is 2. The number of ether oxygens (including phenoxy) is 2. The van der Waals surface area contributed by atoms with E-state index in [1.807, 2.05) is 24.3 Å². The zero-order valence-corrected chi connectivity index (χ0v) is 17.8. The van der Waals surface area contributed by atoms with Gasteiger partial charge in [-0.3, -0.25) is 9.59 Å². The van der Waals surface area contributed by atoms with E-state index in [-0.39, 0.29) is 36.4 Å². The molecule has 10 heteroatoms. The molecule has 0 spiro atoms. The van der Waals surface area contributed by atoms with Gasteiger partial charge in [0.25, 0.3) is 5.91 Å². The maximum Gasteiger partial charge on any atom is 0.262 e. The molecule has 2 amide bonds. The number of fused-ring (bicyclic) bond motifs is 1. The van der Waals surface area contributed by atoms with Crippen molar-refractivity contribution < 1.29 is 27.5 Å². The minimum Gasteiger partial charge on any atom is -0.497 e. The molecular formula is C21H23N3O6S. The van der Waals surface area contributed by atoms with Crippen LogP contribution in [0.1, 0.15) is 18.4 Å². The summed E-state index contributed by atoms with van der Waals surface area (Å²) in [6.45, 7) is 0.406. The molecule has 2 aliphatic heterocycles. The second kappa shape index (κ2) is 8.56. The zero-order chi connectivity index (χ0) is 22.0. The number of methoxy groups -OCH3 is 1. The fourth-order valence-corrected chi connectivity index (χ4v) is 5.42. The first kappa shape index (κ1) is 21.1. The van der Waals surface area contributed by atoms with E-state index in [2.05, 4.69) is 10.6 Å². The molecule has 0 unspecified atom stereocenters. The molecule has 0 bridgehead atoms. The first-order valence-electron chi connectivity index (χ1n) is 9.87. The van der Waals surface area contributed by atoms with Crippen LogP contribution in [0.2, 0.25) is 0 Å². The van der Waals surface area contributed by atoms with Crippen LogP contribution in [0.15, 0.2) is 47.4 Å². The van der Waals surface area contributed by atoms with Gasteiger partial charge in [-0.25, -0.2) is 8.42 Å².